The Kier molecular flexibility index (Phi) is 4.20. The zero-order valence-electron chi connectivity index (χ0n) is 9.16. The third kappa shape index (κ3) is 2.61. The van der Waals surface area contributed by atoms with E-state index in [1.54, 1.807) is 6.33 Å². The molecule has 1 heterocycles. The quantitative estimate of drug-likeness (QED) is 0.614. The topological polar surface area (TPSA) is 37.8 Å². The van der Waals surface area contributed by atoms with Crippen molar-refractivity contribution in [1.29, 1.82) is 0 Å². The van der Waals surface area contributed by atoms with Gasteiger partial charge in [-0.05, 0) is 13.3 Å². The van der Waals surface area contributed by atoms with Crippen molar-refractivity contribution in [3.05, 3.63) is 11.9 Å². The van der Waals surface area contributed by atoms with Gasteiger partial charge in [0.05, 0.1) is 0 Å². The third-order valence-corrected chi connectivity index (χ3v) is 3.53. The first-order chi connectivity index (χ1) is 6.69. The largest absolute Gasteiger partial charge is 0.373 e. The Bertz CT molecular complexity index is 301. The minimum Gasteiger partial charge on any atom is -0.373 e. The van der Waals surface area contributed by atoms with Crippen molar-refractivity contribution in [2.45, 2.75) is 37.5 Å². The minimum absolute atomic E-state index is 0.605. The van der Waals surface area contributed by atoms with Gasteiger partial charge in [0.15, 0.2) is 0 Å². The number of thioether (sulfide) groups is 1. The summed E-state index contributed by atoms with van der Waals surface area (Å²) in [6, 6.07) is 0. The lowest BCUT2D eigenvalue weighted by Crippen LogP contribution is -2.01. The number of rotatable bonds is 4. The van der Waals surface area contributed by atoms with E-state index in [-0.39, 0.29) is 0 Å². The first-order valence-corrected chi connectivity index (χ1v) is 5.73. The highest BCUT2D eigenvalue weighted by Gasteiger charge is 2.09. The van der Waals surface area contributed by atoms with Crippen molar-refractivity contribution in [2.75, 3.05) is 12.4 Å². The highest BCUT2D eigenvalue weighted by Crippen LogP contribution is 2.28. The van der Waals surface area contributed by atoms with Gasteiger partial charge in [0.1, 0.15) is 17.2 Å². The molecule has 1 N–H and O–H groups in total. The van der Waals surface area contributed by atoms with Gasteiger partial charge < -0.3 is 5.32 Å². The molecule has 0 aromatic carbocycles. The molecular formula is C10H17N3S. The van der Waals surface area contributed by atoms with Crippen LogP contribution in [0.25, 0.3) is 0 Å². The van der Waals surface area contributed by atoms with E-state index in [4.69, 9.17) is 0 Å². The SMILES string of the molecule is CCC(C)Sc1ncnc(NC)c1C. The molecule has 14 heavy (non-hydrogen) atoms. The van der Waals surface area contributed by atoms with Gasteiger partial charge in [0.2, 0.25) is 0 Å². The summed E-state index contributed by atoms with van der Waals surface area (Å²) in [6.07, 6.45) is 2.77. The number of nitrogens with zero attached hydrogens (tertiary/aromatic N) is 2. The monoisotopic (exact) mass is 211 g/mol. The summed E-state index contributed by atoms with van der Waals surface area (Å²) in [5.41, 5.74) is 1.14. The molecule has 0 fully saturated rings. The summed E-state index contributed by atoms with van der Waals surface area (Å²) in [5.74, 6) is 0.922. The molecule has 0 saturated carbocycles. The van der Waals surface area contributed by atoms with Gasteiger partial charge in [-0.1, -0.05) is 13.8 Å². The van der Waals surface area contributed by atoms with Gasteiger partial charge in [-0.2, -0.15) is 0 Å². The molecule has 3 nitrogen and oxygen atoms in total. The van der Waals surface area contributed by atoms with Crippen molar-refractivity contribution in [1.82, 2.24) is 9.97 Å². The van der Waals surface area contributed by atoms with E-state index >= 15 is 0 Å². The first kappa shape index (κ1) is 11.3. The maximum atomic E-state index is 4.29. The maximum absolute atomic E-state index is 4.29. The van der Waals surface area contributed by atoms with Crippen molar-refractivity contribution in [3.63, 3.8) is 0 Å². The average Bonchev–Trinajstić information content (AvgIpc) is 2.21. The molecule has 78 valence electrons. The van der Waals surface area contributed by atoms with Crippen LogP contribution in [0.1, 0.15) is 25.8 Å². The van der Waals surface area contributed by atoms with Gasteiger partial charge in [-0.3, -0.25) is 0 Å². The number of hydrogen-bond donors (Lipinski definition) is 1. The van der Waals surface area contributed by atoms with E-state index in [1.807, 2.05) is 18.8 Å². The van der Waals surface area contributed by atoms with Crippen LogP contribution in [0, 0.1) is 6.92 Å². The molecule has 0 aliphatic rings. The molecular weight excluding hydrogens is 194 g/mol. The summed E-state index contributed by atoms with van der Waals surface area (Å²) < 4.78 is 0. The molecule has 1 aromatic heterocycles. The van der Waals surface area contributed by atoms with Gasteiger partial charge in [0.25, 0.3) is 0 Å². The van der Waals surface area contributed by atoms with Gasteiger partial charge in [0, 0.05) is 17.9 Å². The Hall–Kier alpha value is -0.770. The van der Waals surface area contributed by atoms with Crippen LogP contribution in [0.2, 0.25) is 0 Å². The summed E-state index contributed by atoms with van der Waals surface area (Å²) >= 11 is 1.81. The molecule has 1 atom stereocenters. The van der Waals surface area contributed by atoms with E-state index in [1.165, 1.54) is 0 Å². The molecule has 1 aromatic rings. The fourth-order valence-corrected chi connectivity index (χ4v) is 2.01. The molecule has 4 heteroatoms. The Labute approximate surface area is 89.7 Å². The highest BCUT2D eigenvalue weighted by atomic mass is 32.2. The fourth-order valence-electron chi connectivity index (χ4n) is 1.08. The molecule has 0 bridgehead atoms. The van der Waals surface area contributed by atoms with E-state index in [0.717, 1.165) is 22.8 Å². The highest BCUT2D eigenvalue weighted by molar-refractivity contribution is 7.99. The molecule has 0 amide bonds. The molecule has 0 aliphatic heterocycles. The molecule has 1 unspecified atom stereocenters. The fraction of sp³-hybridized carbons (Fsp3) is 0.600. The number of anilines is 1. The average molecular weight is 211 g/mol. The van der Waals surface area contributed by atoms with Crippen LogP contribution in [0.5, 0.6) is 0 Å². The molecule has 0 saturated heterocycles. The summed E-state index contributed by atoms with van der Waals surface area (Å²) in [5, 5.41) is 4.75. The van der Waals surface area contributed by atoms with E-state index in [9.17, 15) is 0 Å². The van der Waals surface area contributed by atoms with Gasteiger partial charge >= 0.3 is 0 Å². The maximum Gasteiger partial charge on any atom is 0.133 e. The molecule has 1 rings (SSSR count). The van der Waals surface area contributed by atoms with Crippen molar-refractivity contribution < 1.29 is 0 Å². The lowest BCUT2D eigenvalue weighted by Gasteiger charge is -2.11. The molecule has 0 spiro atoms. The van der Waals surface area contributed by atoms with Crippen LogP contribution in [-0.2, 0) is 0 Å². The normalized spacial score (nSPS) is 12.6. The van der Waals surface area contributed by atoms with Crippen LogP contribution >= 0.6 is 11.8 Å². The summed E-state index contributed by atoms with van der Waals surface area (Å²) in [4.78, 5) is 8.44. The van der Waals surface area contributed by atoms with E-state index in [2.05, 4.69) is 36.1 Å². The minimum atomic E-state index is 0.605. The number of aromatic nitrogens is 2. The standard InChI is InChI=1S/C10H17N3S/c1-5-7(2)14-10-8(3)9(11-4)12-6-13-10/h6-7H,5H2,1-4H3,(H,11,12,13). The zero-order chi connectivity index (χ0) is 10.6. The summed E-state index contributed by atoms with van der Waals surface area (Å²) in [6.45, 7) is 6.45. The predicted octanol–water partition coefficient (Wildman–Crippen LogP) is 2.72. The molecule has 0 aliphatic carbocycles. The zero-order valence-corrected chi connectivity index (χ0v) is 9.98. The number of hydrogen-bond acceptors (Lipinski definition) is 4. The van der Waals surface area contributed by atoms with E-state index in [0.29, 0.717) is 5.25 Å². The Morgan fingerprint density at radius 3 is 2.79 bits per heavy atom. The lowest BCUT2D eigenvalue weighted by atomic mass is 10.3. The van der Waals surface area contributed by atoms with Crippen LogP contribution in [0.15, 0.2) is 11.4 Å². The van der Waals surface area contributed by atoms with E-state index < -0.39 is 0 Å². The van der Waals surface area contributed by atoms with Crippen LogP contribution in [0.4, 0.5) is 5.82 Å². The molecule has 0 radical (unpaired) electrons. The van der Waals surface area contributed by atoms with Crippen molar-refractivity contribution in [2.24, 2.45) is 0 Å². The smallest absolute Gasteiger partial charge is 0.133 e. The third-order valence-electron chi connectivity index (χ3n) is 2.16. The second-order valence-corrected chi connectivity index (χ2v) is 4.67. The first-order valence-electron chi connectivity index (χ1n) is 4.85. The lowest BCUT2D eigenvalue weighted by molar-refractivity contribution is 0.895. The Morgan fingerprint density at radius 2 is 2.21 bits per heavy atom. The Balaban J connectivity index is 2.86. The van der Waals surface area contributed by atoms with Crippen molar-refractivity contribution >= 4 is 17.6 Å². The Morgan fingerprint density at radius 1 is 1.50 bits per heavy atom. The van der Waals surface area contributed by atoms with Crippen LogP contribution < -0.4 is 5.32 Å². The van der Waals surface area contributed by atoms with Crippen LogP contribution in [0.3, 0.4) is 0 Å². The summed E-state index contributed by atoms with van der Waals surface area (Å²) in [7, 11) is 1.88. The second kappa shape index (κ2) is 5.20. The van der Waals surface area contributed by atoms with Crippen molar-refractivity contribution in [3.8, 4) is 0 Å². The van der Waals surface area contributed by atoms with Crippen LogP contribution in [-0.4, -0.2) is 22.3 Å². The second-order valence-electron chi connectivity index (χ2n) is 3.24. The van der Waals surface area contributed by atoms with Gasteiger partial charge in [-0.25, -0.2) is 9.97 Å². The number of nitrogens with one attached hydrogen (secondary N) is 1. The predicted molar refractivity (Wildman–Crippen MR) is 61.9 cm³/mol. The van der Waals surface area contributed by atoms with Gasteiger partial charge in [-0.15, -0.1) is 11.8 Å².